The Hall–Kier alpha value is -0.180. The third-order valence-electron chi connectivity index (χ3n) is 0.383. The maximum absolute atomic E-state index is 9.79. The maximum atomic E-state index is 9.79. The Morgan fingerprint density at radius 3 is 1.25 bits per heavy atom. The second-order valence-corrected chi connectivity index (χ2v) is 4.09. The summed E-state index contributed by atoms with van der Waals surface area (Å²) in [5.41, 5.74) is 0. The standard InChI is InChI=1S/HNO5S2/c2-7(3)1-8(4,5)6-7/h1H. The lowest BCUT2D eigenvalue weighted by Crippen LogP contribution is -2.45. The van der Waals surface area contributed by atoms with Crippen LogP contribution in [0.1, 0.15) is 0 Å². The van der Waals surface area contributed by atoms with E-state index >= 15 is 0 Å². The summed E-state index contributed by atoms with van der Waals surface area (Å²) < 4.78 is 43.7. The molecule has 0 amide bonds. The molecule has 6 nitrogen and oxygen atoms in total. The van der Waals surface area contributed by atoms with Crippen molar-refractivity contribution in [2.45, 2.75) is 0 Å². The number of nitrogens with one attached hydrogen (secondary N) is 1. The van der Waals surface area contributed by atoms with Crippen molar-refractivity contribution in [3.8, 4) is 0 Å². The van der Waals surface area contributed by atoms with E-state index in [0.717, 1.165) is 0 Å². The van der Waals surface area contributed by atoms with E-state index in [9.17, 15) is 16.8 Å². The van der Waals surface area contributed by atoms with E-state index < -0.39 is 20.6 Å². The van der Waals surface area contributed by atoms with Gasteiger partial charge in [0, 0.05) is 0 Å². The molecule has 48 valence electrons. The summed E-state index contributed by atoms with van der Waals surface area (Å²) in [7, 11) is -7.85. The molecule has 1 rings (SSSR count). The molecule has 1 fully saturated rings. The van der Waals surface area contributed by atoms with Gasteiger partial charge in [0.05, 0.1) is 0 Å². The van der Waals surface area contributed by atoms with Gasteiger partial charge in [-0.3, -0.25) is 0 Å². The minimum absolute atomic E-state index is 1.18. The predicted molar refractivity (Wildman–Crippen MR) is 22.1 cm³/mol. The molecule has 0 aromatic carbocycles. The minimum atomic E-state index is -3.93. The van der Waals surface area contributed by atoms with Crippen molar-refractivity contribution in [2.24, 2.45) is 0 Å². The molecular weight excluding hydrogens is 158 g/mol. The van der Waals surface area contributed by atoms with Gasteiger partial charge in [-0.1, -0.05) is 4.13 Å². The fourth-order valence-corrected chi connectivity index (χ4v) is 2.21. The first-order valence-corrected chi connectivity index (χ1v) is 4.22. The highest BCUT2D eigenvalue weighted by molar-refractivity contribution is 8.12. The highest BCUT2D eigenvalue weighted by atomic mass is 32.4. The molecule has 0 atom stereocenters. The van der Waals surface area contributed by atoms with Crippen molar-refractivity contribution in [3.05, 3.63) is 0 Å². The van der Waals surface area contributed by atoms with Crippen LogP contribution in [-0.2, 0) is 24.2 Å². The minimum Gasteiger partial charge on any atom is -0.179 e. The number of hydrogen-bond acceptors (Lipinski definition) is 5. The van der Waals surface area contributed by atoms with Crippen molar-refractivity contribution >= 4 is 20.6 Å². The molecule has 0 aromatic heterocycles. The summed E-state index contributed by atoms with van der Waals surface area (Å²) in [5, 5.41) is 0. The van der Waals surface area contributed by atoms with Gasteiger partial charge in [0.15, 0.2) is 0 Å². The van der Waals surface area contributed by atoms with Crippen LogP contribution >= 0.6 is 0 Å². The molecule has 1 saturated heterocycles. The summed E-state index contributed by atoms with van der Waals surface area (Å²) in [6, 6.07) is 0. The molecule has 0 spiro atoms. The third kappa shape index (κ3) is 0.968. The fourth-order valence-electron chi connectivity index (χ4n) is 0.246. The van der Waals surface area contributed by atoms with Gasteiger partial charge in [-0.25, -0.2) is 0 Å². The van der Waals surface area contributed by atoms with Gasteiger partial charge < -0.3 is 0 Å². The van der Waals surface area contributed by atoms with Gasteiger partial charge in [-0.15, -0.1) is 3.63 Å². The second-order valence-electron chi connectivity index (χ2n) is 1.06. The number of rotatable bonds is 0. The first kappa shape index (κ1) is 5.95. The van der Waals surface area contributed by atoms with Gasteiger partial charge in [0.1, 0.15) is 0 Å². The van der Waals surface area contributed by atoms with Gasteiger partial charge in [-0.05, 0) is 0 Å². The van der Waals surface area contributed by atoms with Gasteiger partial charge in [0.2, 0.25) is 0 Å². The zero-order valence-corrected chi connectivity index (χ0v) is 4.99. The zero-order valence-electron chi connectivity index (χ0n) is 3.36. The van der Waals surface area contributed by atoms with Crippen LogP contribution in [0.15, 0.2) is 0 Å². The smallest absolute Gasteiger partial charge is 0.179 e. The molecule has 0 radical (unpaired) electrons. The Morgan fingerprint density at radius 2 is 1.25 bits per heavy atom. The van der Waals surface area contributed by atoms with Crippen LogP contribution in [0, 0.1) is 0 Å². The summed E-state index contributed by atoms with van der Waals surface area (Å²) in [5.74, 6) is 0. The predicted octanol–water partition coefficient (Wildman–Crippen LogP) is -1.90. The monoisotopic (exact) mass is 159 g/mol. The molecule has 0 bridgehead atoms. The first-order valence-electron chi connectivity index (χ1n) is 1.41. The normalized spacial score (nSPS) is 31.0. The van der Waals surface area contributed by atoms with Crippen molar-refractivity contribution < 1.29 is 20.5 Å². The summed E-state index contributed by atoms with van der Waals surface area (Å²) in [6.07, 6.45) is 0. The molecule has 8 heavy (non-hydrogen) atoms. The van der Waals surface area contributed by atoms with E-state index in [-0.39, 0.29) is 0 Å². The Kier molecular flexibility index (Phi) is 0.899. The topological polar surface area (TPSA) is 89.5 Å². The number of hydrogen-bond donors (Lipinski definition) is 1. The second kappa shape index (κ2) is 1.21. The van der Waals surface area contributed by atoms with E-state index in [1.165, 1.54) is 4.13 Å². The van der Waals surface area contributed by atoms with Crippen LogP contribution < -0.4 is 4.13 Å². The summed E-state index contributed by atoms with van der Waals surface area (Å²) >= 11 is 0. The molecule has 0 aromatic rings. The summed E-state index contributed by atoms with van der Waals surface area (Å²) in [4.78, 5) is 0. The van der Waals surface area contributed by atoms with E-state index in [0.29, 0.717) is 0 Å². The molecule has 0 unspecified atom stereocenters. The van der Waals surface area contributed by atoms with Crippen LogP contribution in [0.3, 0.4) is 0 Å². The fraction of sp³-hybridized carbons (Fsp3) is 0. The van der Waals surface area contributed by atoms with Crippen molar-refractivity contribution in [3.63, 3.8) is 0 Å². The Balaban J connectivity index is 3.00. The Bertz CT molecular complexity index is 230. The highest BCUT2D eigenvalue weighted by Gasteiger charge is 2.38. The molecule has 0 saturated carbocycles. The Labute approximate surface area is 46.0 Å². The van der Waals surface area contributed by atoms with Gasteiger partial charge in [-0.2, -0.15) is 16.8 Å². The molecule has 8 heteroatoms. The van der Waals surface area contributed by atoms with E-state index in [2.05, 4.69) is 3.63 Å². The van der Waals surface area contributed by atoms with E-state index in [1.807, 2.05) is 0 Å². The van der Waals surface area contributed by atoms with Crippen LogP contribution in [0.2, 0.25) is 0 Å². The van der Waals surface area contributed by atoms with Crippen LogP contribution in [-0.4, -0.2) is 16.8 Å². The highest BCUT2D eigenvalue weighted by Crippen LogP contribution is 2.07. The largest absolute Gasteiger partial charge is 0.366 e. The first-order chi connectivity index (χ1) is 3.41. The summed E-state index contributed by atoms with van der Waals surface area (Å²) in [6.45, 7) is 0. The molecular formula is HNO5S2. The molecule has 1 aliphatic rings. The Morgan fingerprint density at radius 1 is 1.00 bits per heavy atom. The van der Waals surface area contributed by atoms with Crippen LogP contribution in [0.4, 0.5) is 0 Å². The lowest BCUT2D eigenvalue weighted by Gasteiger charge is -2.12. The average Bonchev–Trinajstić information content (AvgIpc) is 1.20. The molecule has 1 heterocycles. The molecule has 1 aliphatic heterocycles. The van der Waals surface area contributed by atoms with Crippen LogP contribution in [0.5, 0.6) is 0 Å². The van der Waals surface area contributed by atoms with Crippen LogP contribution in [0.25, 0.3) is 0 Å². The molecule has 1 N–H and O–H groups in total. The molecule has 0 aliphatic carbocycles. The van der Waals surface area contributed by atoms with Crippen molar-refractivity contribution in [2.75, 3.05) is 0 Å². The lowest BCUT2D eigenvalue weighted by atomic mass is 13.9. The van der Waals surface area contributed by atoms with E-state index in [4.69, 9.17) is 0 Å². The van der Waals surface area contributed by atoms with Crippen molar-refractivity contribution in [1.29, 1.82) is 0 Å². The average molecular weight is 159 g/mol. The van der Waals surface area contributed by atoms with E-state index in [1.54, 1.807) is 0 Å². The quantitative estimate of drug-likeness (QED) is 0.445. The maximum Gasteiger partial charge on any atom is 0.366 e. The van der Waals surface area contributed by atoms with Gasteiger partial charge >= 0.3 is 20.6 Å². The SMILES string of the molecule is O=S1(=O)NS(=O)(=O)O1. The zero-order chi connectivity index (χ0) is 6.41. The van der Waals surface area contributed by atoms with Crippen molar-refractivity contribution in [1.82, 2.24) is 4.13 Å². The third-order valence-corrected chi connectivity index (χ3v) is 3.45. The lowest BCUT2D eigenvalue weighted by molar-refractivity contribution is 0.424. The van der Waals surface area contributed by atoms with Gasteiger partial charge in [0.25, 0.3) is 0 Å².